The first-order valence-electron chi connectivity index (χ1n) is 5.99. The molecule has 0 aromatic carbocycles. The van der Waals surface area contributed by atoms with E-state index in [-0.39, 0.29) is 0 Å². The maximum atomic E-state index is 3.72. The molecule has 0 aliphatic heterocycles. The van der Waals surface area contributed by atoms with Crippen molar-refractivity contribution in [2.45, 2.75) is 71.8 Å². The Kier molecular flexibility index (Phi) is 7.35. The topological polar surface area (TPSA) is 12.0 Å². The van der Waals surface area contributed by atoms with Crippen molar-refractivity contribution < 1.29 is 0 Å². The zero-order valence-corrected chi connectivity index (χ0v) is 9.95. The second-order valence-electron chi connectivity index (χ2n) is 3.97. The van der Waals surface area contributed by atoms with E-state index >= 15 is 0 Å². The van der Waals surface area contributed by atoms with Gasteiger partial charge >= 0.3 is 0 Å². The summed E-state index contributed by atoms with van der Waals surface area (Å²) in [4.78, 5) is 0. The van der Waals surface area contributed by atoms with Gasteiger partial charge in [-0.15, -0.1) is 0 Å². The molecule has 0 spiro atoms. The maximum absolute atomic E-state index is 3.72. The first-order chi connectivity index (χ1) is 6.24. The third-order valence-corrected chi connectivity index (χ3v) is 3.31. The summed E-state index contributed by atoms with van der Waals surface area (Å²) in [5.74, 6) is 0. The Morgan fingerprint density at radius 3 is 1.77 bits per heavy atom. The average molecular weight is 185 g/mol. The fraction of sp³-hybridized carbons (Fsp3) is 1.00. The SMILES string of the molecule is CCCCCNC(CC)(CC)CC. The van der Waals surface area contributed by atoms with Gasteiger partial charge in [0.1, 0.15) is 0 Å². The molecule has 80 valence electrons. The predicted octanol–water partition coefficient (Wildman–Crippen LogP) is 3.74. The van der Waals surface area contributed by atoms with Crippen LogP contribution >= 0.6 is 0 Å². The number of rotatable bonds is 8. The molecule has 0 bridgehead atoms. The highest BCUT2D eigenvalue weighted by atomic mass is 15.0. The summed E-state index contributed by atoms with van der Waals surface area (Å²) in [5, 5.41) is 3.72. The van der Waals surface area contributed by atoms with Crippen molar-refractivity contribution >= 4 is 0 Å². The summed E-state index contributed by atoms with van der Waals surface area (Å²) in [7, 11) is 0. The van der Waals surface area contributed by atoms with Crippen LogP contribution in [-0.2, 0) is 0 Å². The molecular formula is C12H27N. The minimum Gasteiger partial charge on any atom is -0.311 e. The van der Waals surface area contributed by atoms with Gasteiger partial charge in [-0.2, -0.15) is 0 Å². The fourth-order valence-electron chi connectivity index (χ4n) is 1.85. The highest BCUT2D eigenvalue weighted by Gasteiger charge is 2.21. The summed E-state index contributed by atoms with van der Waals surface area (Å²) >= 11 is 0. The lowest BCUT2D eigenvalue weighted by atomic mass is 9.90. The molecule has 0 atom stereocenters. The Morgan fingerprint density at radius 1 is 0.846 bits per heavy atom. The third kappa shape index (κ3) is 4.66. The van der Waals surface area contributed by atoms with E-state index in [1.807, 2.05) is 0 Å². The van der Waals surface area contributed by atoms with Crippen LogP contribution in [0, 0.1) is 0 Å². The lowest BCUT2D eigenvalue weighted by Crippen LogP contribution is -2.44. The van der Waals surface area contributed by atoms with Crippen LogP contribution in [-0.4, -0.2) is 12.1 Å². The number of hydrogen-bond acceptors (Lipinski definition) is 1. The summed E-state index contributed by atoms with van der Waals surface area (Å²) in [5.41, 5.74) is 0.424. The van der Waals surface area contributed by atoms with E-state index in [9.17, 15) is 0 Å². The zero-order valence-electron chi connectivity index (χ0n) is 9.95. The molecule has 0 aliphatic carbocycles. The number of nitrogens with one attached hydrogen (secondary N) is 1. The van der Waals surface area contributed by atoms with Crippen molar-refractivity contribution in [2.75, 3.05) is 6.54 Å². The summed E-state index contributed by atoms with van der Waals surface area (Å²) < 4.78 is 0. The van der Waals surface area contributed by atoms with E-state index in [2.05, 4.69) is 33.0 Å². The van der Waals surface area contributed by atoms with Crippen LogP contribution in [0.25, 0.3) is 0 Å². The van der Waals surface area contributed by atoms with Gasteiger partial charge in [-0.25, -0.2) is 0 Å². The normalized spacial score (nSPS) is 12.0. The van der Waals surface area contributed by atoms with Gasteiger partial charge in [0.15, 0.2) is 0 Å². The molecule has 1 nitrogen and oxygen atoms in total. The van der Waals surface area contributed by atoms with Crippen LogP contribution in [0.15, 0.2) is 0 Å². The monoisotopic (exact) mass is 185 g/mol. The lowest BCUT2D eigenvalue weighted by Gasteiger charge is -2.32. The third-order valence-electron chi connectivity index (χ3n) is 3.31. The van der Waals surface area contributed by atoms with Crippen LogP contribution in [0.3, 0.4) is 0 Å². The summed E-state index contributed by atoms with van der Waals surface area (Å²) in [6, 6.07) is 0. The second kappa shape index (κ2) is 7.37. The smallest absolute Gasteiger partial charge is 0.0173 e. The highest BCUT2D eigenvalue weighted by Crippen LogP contribution is 2.18. The largest absolute Gasteiger partial charge is 0.311 e. The van der Waals surface area contributed by atoms with E-state index in [4.69, 9.17) is 0 Å². The van der Waals surface area contributed by atoms with Crippen LogP contribution in [0.2, 0.25) is 0 Å². The predicted molar refractivity (Wildman–Crippen MR) is 61.1 cm³/mol. The summed E-state index contributed by atoms with van der Waals surface area (Å²) in [6.07, 6.45) is 7.78. The quantitative estimate of drug-likeness (QED) is 0.568. The standard InChI is InChI=1S/C12H27N/c1-5-9-10-11-13-12(6-2,7-3)8-4/h13H,5-11H2,1-4H3. The van der Waals surface area contributed by atoms with Crippen molar-refractivity contribution in [1.82, 2.24) is 5.32 Å². The molecule has 0 heterocycles. The van der Waals surface area contributed by atoms with Gasteiger partial charge in [0, 0.05) is 5.54 Å². The molecule has 1 heteroatoms. The maximum Gasteiger partial charge on any atom is 0.0173 e. The van der Waals surface area contributed by atoms with Crippen LogP contribution in [0.4, 0.5) is 0 Å². The van der Waals surface area contributed by atoms with Crippen LogP contribution in [0.5, 0.6) is 0 Å². The Morgan fingerprint density at radius 2 is 1.38 bits per heavy atom. The van der Waals surface area contributed by atoms with Crippen molar-refractivity contribution in [2.24, 2.45) is 0 Å². The van der Waals surface area contributed by atoms with Gasteiger partial charge in [-0.05, 0) is 32.2 Å². The van der Waals surface area contributed by atoms with Crippen LogP contribution in [0.1, 0.15) is 66.2 Å². The van der Waals surface area contributed by atoms with E-state index in [1.165, 1.54) is 45.1 Å². The first kappa shape index (κ1) is 13.0. The molecule has 0 aromatic heterocycles. The Hall–Kier alpha value is -0.0400. The van der Waals surface area contributed by atoms with Crippen molar-refractivity contribution in [1.29, 1.82) is 0 Å². The minimum atomic E-state index is 0.424. The second-order valence-corrected chi connectivity index (χ2v) is 3.97. The van der Waals surface area contributed by atoms with Crippen molar-refractivity contribution in [3.8, 4) is 0 Å². The summed E-state index contributed by atoms with van der Waals surface area (Å²) in [6.45, 7) is 10.3. The molecular weight excluding hydrogens is 158 g/mol. The molecule has 0 fully saturated rings. The van der Waals surface area contributed by atoms with E-state index in [0.717, 1.165) is 0 Å². The minimum absolute atomic E-state index is 0.424. The molecule has 0 rings (SSSR count). The van der Waals surface area contributed by atoms with Crippen molar-refractivity contribution in [3.63, 3.8) is 0 Å². The molecule has 0 radical (unpaired) electrons. The lowest BCUT2D eigenvalue weighted by molar-refractivity contribution is 0.288. The van der Waals surface area contributed by atoms with Gasteiger partial charge in [0.2, 0.25) is 0 Å². The van der Waals surface area contributed by atoms with Gasteiger partial charge in [-0.1, -0.05) is 40.5 Å². The zero-order chi connectivity index (χ0) is 10.2. The molecule has 0 unspecified atom stereocenters. The highest BCUT2D eigenvalue weighted by molar-refractivity contribution is 4.83. The van der Waals surface area contributed by atoms with Gasteiger partial charge in [0.05, 0.1) is 0 Å². The number of hydrogen-bond donors (Lipinski definition) is 1. The Bertz CT molecular complexity index is 97.4. The van der Waals surface area contributed by atoms with Crippen molar-refractivity contribution in [3.05, 3.63) is 0 Å². The average Bonchev–Trinajstić information content (AvgIpc) is 2.20. The van der Waals surface area contributed by atoms with Crippen LogP contribution < -0.4 is 5.32 Å². The number of unbranched alkanes of at least 4 members (excludes halogenated alkanes) is 2. The Labute approximate surface area is 84.3 Å². The first-order valence-corrected chi connectivity index (χ1v) is 5.99. The van der Waals surface area contributed by atoms with E-state index in [1.54, 1.807) is 0 Å². The molecule has 0 saturated carbocycles. The molecule has 0 amide bonds. The van der Waals surface area contributed by atoms with Gasteiger partial charge in [0.25, 0.3) is 0 Å². The van der Waals surface area contributed by atoms with E-state index < -0.39 is 0 Å². The molecule has 0 saturated heterocycles. The van der Waals surface area contributed by atoms with Gasteiger partial charge in [-0.3, -0.25) is 0 Å². The fourth-order valence-corrected chi connectivity index (χ4v) is 1.85. The molecule has 0 aliphatic rings. The Balaban J connectivity index is 3.68. The molecule has 1 N–H and O–H groups in total. The molecule has 0 aromatic rings. The van der Waals surface area contributed by atoms with Gasteiger partial charge < -0.3 is 5.32 Å². The molecule has 13 heavy (non-hydrogen) atoms. The van der Waals surface area contributed by atoms with E-state index in [0.29, 0.717) is 5.54 Å².